The first kappa shape index (κ1) is 18.7. The van der Waals surface area contributed by atoms with Crippen LogP contribution in [0.25, 0.3) is 11.5 Å². The van der Waals surface area contributed by atoms with E-state index in [1.165, 1.54) is 12.1 Å². The lowest BCUT2D eigenvalue weighted by Gasteiger charge is -2.34. The van der Waals surface area contributed by atoms with E-state index in [2.05, 4.69) is 9.88 Å². The Labute approximate surface area is 167 Å². The molecule has 4 rings (SSSR count). The zero-order valence-electron chi connectivity index (χ0n) is 15.1. The Morgan fingerprint density at radius 1 is 1.11 bits per heavy atom. The average Bonchev–Trinajstić information content (AvgIpc) is 3.17. The maximum Gasteiger partial charge on any atom is 0.253 e. The number of piperazine rings is 1. The molecular weight excluding hydrogens is 381 g/mol. The second kappa shape index (κ2) is 8.12. The number of nitrogens with zero attached hydrogens (tertiary/aromatic N) is 3. The zero-order chi connectivity index (χ0) is 19.5. The standard InChI is InChI=1S/C21H19ClFN3O2/c22-17-6-4-15(5-7-17)21(27)26-10-8-25(9-11-26)13-19-14-28-20(24-19)16-2-1-3-18(23)12-16/h1-7,12,14H,8-11,13H2. The van der Waals surface area contributed by atoms with Gasteiger partial charge in [0, 0.05) is 48.9 Å². The summed E-state index contributed by atoms with van der Waals surface area (Å²) in [7, 11) is 0. The molecule has 0 aliphatic carbocycles. The summed E-state index contributed by atoms with van der Waals surface area (Å²) in [6.07, 6.45) is 1.60. The minimum absolute atomic E-state index is 0.0196. The van der Waals surface area contributed by atoms with Gasteiger partial charge in [-0.3, -0.25) is 9.69 Å². The molecule has 28 heavy (non-hydrogen) atoms. The normalized spacial score (nSPS) is 15.0. The van der Waals surface area contributed by atoms with Crippen molar-refractivity contribution < 1.29 is 13.6 Å². The first-order valence-electron chi connectivity index (χ1n) is 9.06. The van der Waals surface area contributed by atoms with E-state index in [1.54, 1.807) is 42.7 Å². The van der Waals surface area contributed by atoms with Gasteiger partial charge in [-0.15, -0.1) is 0 Å². The number of benzene rings is 2. The van der Waals surface area contributed by atoms with Gasteiger partial charge in [-0.2, -0.15) is 0 Å². The van der Waals surface area contributed by atoms with Gasteiger partial charge in [-0.25, -0.2) is 9.37 Å². The van der Waals surface area contributed by atoms with Crippen LogP contribution >= 0.6 is 11.6 Å². The minimum atomic E-state index is -0.321. The number of hydrogen-bond acceptors (Lipinski definition) is 4. The van der Waals surface area contributed by atoms with Crippen LogP contribution in [0.1, 0.15) is 16.1 Å². The first-order chi connectivity index (χ1) is 13.6. The van der Waals surface area contributed by atoms with Crippen LogP contribution in [0.3, 0.4) is 0 Å². The quantitative estimate of drug-likeness (QED) is 0.663. The van der Waals surface area contributed by atoms with Gasteiger partial charge < -0.3 is 9.32 Å². The Balaban J connectivity index is 1.33. The van der Waals surface area contributed by atoms with Crippen molar-refractivity contribution in [2.45, 2.75) is 6.54 Å². The number of hydrogen-bond donors (Lipinski definition) is 0. The molecule has 0 unspecified atom stereocenters. The second-order valence-electron chi connectivity index (χ2n) is 6.73. The van der Waals surface area contributed by atoms with Gasteiger partial charge in [0.2, 0.25) is 5.89 Å². The SMILES string of the molecule is O=C(c1ccc(Cl)cc1)N1CCN(Cc2coc(-c3cccc(F)c3)n2)CC1. The zero-order valence-corrected chi connectivity index (χ0v) is 15.9. The molecule has 0 saturated carbocycles. The molecule has 1 aliphatic heterocycles. The molecular formula is C21H19ClFN3O2. The topological polar surface area (TPSA) is 49.6 Å². The van der Waals surface area contributed by atoms with Crippen molar-refractivity contribution in [3.63, 3.8) is 0 Å². The van der Waals surface area contributed by atoms with Gasteiger partial charge in [0.05, 0.1) is 5.69 Å². The summed E-state index contributed by atoms with van der Waals surface area (Å²) >= 11 is 5.88. The van der Waals surface area contributed by atoms with Crippen molar-refractivity contribution in [2.75, 3.05) is 26.2 Å². The predicted molar refractivity (Wildman–Crippen MR) is 105 cm³/mol. The highest BCUT2D eigenvalue weighted by molar-refractivity contribution is 6.30. The van der Waals surface area contributed by atoms with E-state index < -0.39 is 0 Å². The Bertz CT molecular complexity index is 966. The molecule has 0 spiro atoms. The van der Waals surface area contributed by atoms with E-state index >= 15 is 0 Å². The molecule has 1 amide bonds. The van der Waals surface area contributed by atoms with Crippen molar-refractivity contribution in [1.82, 2.24) is 14.8 Å². The van der Waals surface area contributed by atoms with E-state index in [4.69, 9.17) is 16.0 Å². The van der Waals surface area contributed by atoms with Crippen LogP contribution in [0, 0.1) is 5.82 Å². The summed E-state index contributed by atoms with van der Waals surface area (Å²) in [6.45, 7) is 3.43. The van der Waals surface area contributed by atoms with Crippen molar-refractivity contribution in [1.29, 1.82) is 0 Å². The number of oxazole rings is 1. The van der Waals surface area contributed by atoms with E-state index in [9.17, 15) is 9.18 Å². The lowest BCUT2D eigenvalue weighted by atomic mass is 10.2. The van der Waals surface area contributed by atoms with E-state index in [1.807, 2.05) is 4.90 Å². The molecule has 0 N–H and O–H groups in total. The van der Waals surface area contributed by atoms with Gasteiger partial charge in [-0.05, 0) is 42.5 Å². The number of amides is 1. The molecule has 2 heterocycles. The van der Waals surface area contributed by atoms with E-state index in [0.717, 1.165) is 18.8 Å². The summed E-state index contributed by atoms with van der Waals surface area (Å²) in [5.41, 5.74) is 2.05. The highest BCUT2D eigenvalue weighted by atomic mass is 35.5. The Kier molecular flexibility index (Phi) is 5.41. The number of halogens is 2. The largest absolute Gasteiger partial charge is 0.444 e. The third kappa shape index (κ3) is 4.24. The van der Waals surface area contributed by atoms with Crippen LogP contribution in [-0.2, 0) is 6.54 Å². The Morgan fingerprint density at radius 2 is 1.86 bits per heavy atom. The third-order valence-electron chi connectivity index (χ3n) is 4.76. The van der Waals surface area contributed by atoms with Gasteiger partial charge in [0.25, 0.3) is 5.91 Å². The van der Waals surface area contributed by atoms with Crippen LogP contribution in [-0.4, -0.2) is 46.9 Å². The average molecular weight is 400 g/mol. The molecule has 1 fully saturated rings. The summed E-state index contributed by atoms with van der Waals surface area (Å²) in [4.78, 5) is 21.1. The second-order valence-corrected chi connectivity index (χ2v) is 7.17. The van der Waals surface area contributed by atoms with Gasteiger partial charge in [-0.1, -0.05) is 17.7 Å². The van der Waals surface area contributed by atoms with E-state index in [-0.39, 0.29) is 11.7 Å². The molecule has 144 valence electrons. The summed E-state index contributed by atoms with van der Waals surface area (Å²) in [5, 5.41) is 0.617. The Morgan fingerprint density at radius 3 is 2.57 bits per heavy atom. The molecule has 7 heteroatoms. The van der Waals surface area contributed by atoms with E-state index in [0.29, 0.717) is 41.7 Å². The van der Waals surface area contributed by atoms with Crippen LogP contribution in [0.15, 0.2) is 59.2 Å². The fraction of sp³-hybridized carbons (Fsp3) is 0.238. The van der Waals surface area contributed by atoms with Gasteiger partial charge >= 0.3 is 0 Å². The molecule has 1 saturated heterocycles. The Hall–Kier alpha value is -2.70. The molecule has 0 atom stereocenters. The van der Waals surface area contributed by atoms with Crippen LogP contribution in [0.2, 0.25) is 5.02 Å². The highest BCUT2D eigenvalue weighted by Gasteiger charge is 2.23. The molecule has 2 aromatic carbocycles. The number of rotatable bonds is 4. The van der Waals surface area contributed by atoms with Crippen molar-refractivity contribution in [3.8, 4) is 11.5 Å². The molecule has 3 aromatic rings. The maximum absolute atomic E-state index is 13.4. The van der Waals surface area contributed by atoms with Crippen molar-refractivity contribution >= 4 is 17.5 Å². The van der Waals surface area contributed by atoms with Crippen LogP contribution in [0.5, 0.6) is 0 Å². The number of carbonyl (C=O) groups is 1. The van der Waals surface area contributed by atoms with Crippen LogP contribution < -0.4 is 0 Å². The molecule has 0 radical (unpaired) electrons. The van der Waals surface area contributed by atoms with Crippen molar-refractivity contribution in [2.24, 2.45) is 0 Å². The minimum Gasteiger partial charge on any atom is -0.444 e. The monoisotopic (exact) mass is 399 g/mol. The summed E-state index contributed by atoms with van der Waals surface area (Å²) in [5.74, 6) is 0.107. The number of aromatic nitrogens is 1. The summed E-state index contributed by atoms with van der Waals surface area (Å²) in [6, 6.07) is 13.1. The summed E-state index contributed by atoms with van der Waals surface area (Å²) < 4.78 is 18.9. The van der Waals surface area contributed by atoms with Crippen LogP contribution in [0.4, 0.5) is 4.39 Å². The smallest absolute Gasteiger partial charge is 0.253 e. The predicted octanol–water partition coefficient (Wildman–Crippen LogP) is 4.09. The van der Waals surface area contributed by atoms with Crippen molar-refractivity contribution in [3.05, 3.63) is 76.9 Å². The number of carbonyl (C=O) groups excluding carboxylic acids is 1. The van der Waals surface area contributed by atoms with Gasteiger partial charge in [0.1, 0.15) is 12.1 Å². The molecule has 5 nitrogen and oxygen atoms in total. The molecule has 1 aromatic heterocycles. The highest BCUT2D eigenvalue weighted by Crippen LogP contribution is 2.20. The fourth-order valence-electron chi connectivity index (χ4n) is 3.25. The molecule has 0 bridgehead atoms. The maximum atomic E-state index is 13.4. The lowest BCUT2D eigenvalue weighted by molar-refractivity contribution is 0.0627. The molecule has 1 aliphatic rings. The van der Waals surface area contributed by atoms with Gasteiger partial charge in [0.15, 0.2) is 0 Å². The first-order valence-corrected chi connectivity index (χ1v) is 9.44. The third-order valence-corrected chi connectivity index (χ3v) is 5.01. The fourth-order valence-corrected chi connectivity index (χ4v) is 3.37. The lowest BCUT2D eigenvalue weighted by Crippen LogP contribution is -2.48.